The molecule has 28 heavy (non-hydrogen) atoms. The number of ether oxygens (including phenoxy) is 1. The van der Waals surface area contributed by atoms with Crippen molar-refractivity contribution in [3.63, 3.8) is 0 Å². The summed E-state index contributed by atoms with van der Waals surface area (Å²) in [6.07, 6.45) is 8.31. The van der Waals surface area contributed by atoms with Gasteiger partial charge in [-0.3, -0.25) is 0 Å². The first kappa shape index (κ1) is 20.1. The van der Waals surface area contributed by atoms with Crippen LogP contribution in [0.3, 0.4) is 0 Å². The predicted molar refractivity (Wildman–Crippen MR) is 115 cm³/mol. The van der Waals surface area contributed by atoms with E-state index in [-0.39, 0.29) is 16.2 Å². The molecule has 1 N–H and O–H groups in total. The molecule has 1 spiro atoms. The van der Waals surface area contributed by atoms with E-state index < -0.39 is 11.0 Å². The maximum Gasteiger partial charge on any atom is 0.0976 e. The second-order valence-corrected chi connectivity index (χ2v) is 11.9. The van der Waals surface area contributed by atoms with Crippen LogP contribution in [0, 0.1) is 23.2 Å². The zero-order valence-electron chi connectivity index (χ0n) is 17.6. The van der Waals surface area contributed by atoms with Crippen molar-refractivity contribution >= 4 is 11.0 Å². The minimum absolute atomic E-state index is 0.128. The van der Waals surface area contributed by atoms with Crippen molar-refractivity contribution < 1.29 is 8.95 Å². The molecule has 152 valence electrons. The number of hydrogen-bond donors (Lipinski definition) is 1. The topological polar surface area (TPSA) is 38.3 Å². The Bertz CT molecular complexity index is 817. The van der Waals surface area contributed by atoms with Crippen molar-refractivity contribution in [2.24, 2.45) is 11.3 Å². The normalized spacial score (nSPS) is 30.6. The van der Waals surface area contributed by atoms with Gasteiger partial charge in [0.1, 0.15) is 0 Å². The average molecular weight is 400 g/mol. The number of fused-ring (bicyclic) bond motifs is 1. The summed E-state index contributed by atoms with van der Waals surface area (Å²) in [4.78, 5) is 0. The van der Waals surface area contributed by atoms with Gasteiger partial charge in [0.05, 0.1) is 27.9 Å². The highest BCUT2D eigenvalue weighted by atomic mass is 32.2. The van der Waals surface area contributed by atoms with Crippen molar-refractivity contribution in [2.45, 2.75) is 82.6 Å². The summed E-state index contributed by atoms with van der Waals surface area (Å²) in [5.74, 6) is 7.36. The second kappa shape index (κ2) is 7.59. The SMILES string of the molecule is COC1CCC2(CC1)Cc1ccc(C#CC3CC3)cc1C2NS(=O)C(C)(C)C. The van der Waals surface area contributed by atoms with Crippen LogP contribution in [0.4, 0.5) is 0 Å². The van der Waals surface area contributed by atoms with Crippen LogP contribution in [-0.2, 0) is 22.1 Å². The van der Waals surface area contributed by atoms with Gasteiger partial charge in [-0.15, -0.1) is 0 Å². The molecular formula is C24H33NO2S. The highest BCUT2D eigenvalue weighted by Gasteiger charge is 2.49. The highest BCUT2D eigenvalue weighted by molar-refractivity contribution is 7.84. The fourth-order valence-electron chi connectivity index (χ4n) is 4.67. The monoisotopic (exact) mass is 399 g/mol. The van der Waals surface area contributed by atoms with Gasteiger partial charge in [0.25, 0.3) is 0 Å². The van der Waals surface area contributed by atoms with E-state index in [0.717, 1.165) is 37.7 Å². The Balaban J connectivity index is 1.65. The highest BCUT2D eigenvalue weighted by Crippen LogP contribution is 2.54. The zero-order valence-corrected chi connectivity index (χ0v) is 18.5. The molecule has 0 aromatic heterocycles. The van der Waals surface area contributed by atoms with Gasteiger partial charge in [-0.1, -0.05) is 17.9 Å². The molecule has 2 unspecified atom stereocenters. The minimum Gasteiger partial charge on any atom is -0.381 e. The third-order valence-electron chi connectivity index (χ3n) is 6.65. The number of benzene rings is 1. The van der Waals surface area contributed by atoms with Gasteiger partial charge in [-0.2, -0.15) is 0 Å². The van der Waals surface area contributed by atoms with E-state index in [1.165, 1.54) is 24.0 Å². The van der Waals surface area contributed by atoms with Crippen molar-refractivity contribution in [1.82, 2.24) is 4.72 Å². The number of nitrogens with one attached hydrogen (secondary N) is 1. The third-order valence-corrected chi connectivity index (χ3v) is 8.21. The summed E-state index contributed by atoms with van der Waals surface area (Å²) in [7, 11) is 0.723. The van der Waals surface area contributed by atoms with E-state index >= 15 is 0 Å². The molecule has 4 rings (SSSR count). The van der Waals surface area contributed by atoms with E-state index in [2.05, 4.69) is 34.8 Å². The molecule has 0 heterocycles. The summed E-state index contributed by atoms with van der Waals surface area (Å²) in [6, 6.07) is 6.83. The molecule has 3 aliphatic carbocycles. The van der Waals surface area contributed by atoms with Crippen LogP contribution in [0.15, 0.2) is 18.2 Å². The maximum atomic E-state index is 13.0. The summed E-state index contributed by atoms with van der Waals surface area (Å²) in [6.45, 7) is 6.12. The van der Waals surface area contributed by atoms with E-state index in [9.17, 15) is 4.21 Å². The van der Waals surface area contributed by atoms with Crippen LogP contribution in [0.1, 0.15) is 82.0 Å². The third kappa shape index (κ3) is 4.08. The van der Waals surface area contributed by atoms with Crippen molar-refractivity contribution in [3.8, 4) is 11.8 Å². The molecule has 0 saturated heterocycles. The Hall–Kier alpha value is -1.15. The molecule has 0 radical (unpaired) electrons. The lowest BCUT2D eigenvalue weighted by Gasteiger charge is -2.42. The van der Waals surface area contributed by atoms with Crippen molar-refractivity contribution in [3.05, 3.63) is 34.9 Å². The van der Waals surface area contributed by atoms with E-state index in [0.29, 0.717) is 12.0 Å². The molecule has 0 amide bonds. The quantitative estimate of drug-likeness (QED) is 0.750. The number of hydrogen-bond acceptors (Lipinski definition) is 2. The number of methoxy groups -OCH3 is 1. The molecule has 2 fully saturated rings. The second-order valence-electron chi connectivity index (χ2n) is 9.86. The smallest absolute Gasteiger partial charge is 0.0976 e. The van der Waals surface area contributed by atoms with Gasteiger partial charge in [0.15, 0.2) is 0 Å². The first-order valence-corrected chi connectivity index (χ1v) is 11.8. The minimum atomic E-state index is -1.10. The van der Waals surface area contributed by atoms with Gasteiger partial charge in [0.2, 0.25) is 0 Å². The molecule has 1 aromatic carbocycles. The fraction of sp³-hybridized carbons (Fsp3) is 0.667. The van der Waals surface area contributed by atoms with Crippen molar-refractivity contribution in [2.75, 3.05) is 7.11 Å². The Labute approximate surface area is 172 Å². The van der Waals surface area contributed by atoms with Crippen LogP contribution in [0.2, 0.25) is 0 Å². The van der Waals surface area contributed by atoms with Crippen LogP contribution < -0.4 is 4.72 Å². The molecule has 1 aromatic rings. The molecular weight excluding hydrogens is 366 g/mol. The Morgan fingerprint density at radius 2 is 1.89 bits per heavy atom. The Morgan fingerprint density at radius 1 is 1.18 bits per heavy atom. The lowest BCUT2D eigenvalue weighted by molar-refractivity contribution is 0.0188. The van der Waals surface area contributed by atoms with E-state index in [1.54, 1.807) is 0 Å². The van der Waals surface area contributed by atoms with E-state index in [1.807, 2.05) is 27.9 Å². The fourth-order valence-corrected chi connectivity index (χ4v) is 5.61. The van der Waals surface area contributed by atoms with Gasteiger partial charge in [-0.25, -0.2) is 8.93 Å². The van der Waals surface area contributed by atoms with E-state index in [4.69, 9.17) is 4.74 Å². The lowest BCUT2D eigenvalue weighted by atomic mass is 9.69. The van der Waals surface area contributed by atoms with Crippen LogP contribution >= 0.6 is 0 Å². The predicted octanol–water partition coefficient (Wildman–Crippen LogP) is 4.67. The van der Waals surface area contributed by atoms with Gasteiger partial charge in [-0.05, 0) is 94.4 Å². The molecule has 0 bridgehead atoms. The summed E-state index contributed by atoms with van der Waals surface area (Å²) >= 11 is 0. The Kier molecular flexibility index (Phi) is 5.46. The number of rotatable bonds is 3. The molecule has 3 nitrogen and oxygen atoms in total. The van der Waals surface area contributed by atoms with Crippen LogP contribution in [0.5, 0.6) is 0 Å². The standard InChI is InChI=1S/C24H33NO2S/c1-23(2,3)28(26)25-22-21-15-18(8-7-17-5-6-17)9-10-19(21)16-24(22)13-11-20(27-4)12-14-24/h9-10,15,17,20,22,25H,5-6,11-14,16H2,1-4H3. The molecule has 3 aliphatic rings. The summed E-state index contributed by atoms with van der Waals surface area (Å²) in [5, 5.41) is 0. The molecule has 2 atom stereocenters. The first-order chi connectivity index (χ1) is 13.3. The zero-order chi connectivity index (χ0) is 19.9. The average Bonchev–Trinajstić information content (AvgIpc) is 3.45. The molecule has 2 saturated carbocycles. The van der Waals surface area contributed by atoms with Crippen LogP contribution in [0.25, 0.3) is 0 Å². The maximum absolute atomic E-state index is 13.0. The van der Waals surface area contributed by atoms with Crippen LogP contribution in [-0.4, -0.2) is 22.2 Å². The van der Waals surface area contributed by atoms with Gasteiger partial charge in [0, 0.05) is 18.6 Å². The first-order valence-electron chi connectivity index (χ1n) is 10.7. The molecule has 4 heteroatoms. The molecule has 0 aliphatic heterocycles. The van der Waals surface area contributed by atoms with Gasteiger partial charge < -0.3 is 4.74 Å². The van der Waals surface area contributed by atoms with Gasteiger partial charge >= 0.3 is 0 Å². The summed E-state index contributed by atoms with van der Waals surface area (Å²) < 4.78 is 21.9. The lowest BCUT2D eigenvalue weighted by Crippen LogP contribution is -2.44. The van der Waals surface area contributed by atoms with Crippen molar-refractivity contribution in [1.29, 1.82) is 0 Å². The summed E-state index contributed by atoms with van der Waals surface area (Å²) in [5.41, 5.74) is 3.95. The largest absolute Gasteiger partial charge is 0.381 e. The Morgan fingerprint density at radius 3 is 2.50 bits per heavy atom.